The number of rotatable bonds is 28. The van der Waals surface area contributed by atoms with Crippen LogP contribution in [0.2, 0.25) is 0 Å². The van der Waals surface area contributed by atoms with Crippen LogP contribution in [0.4, 0.5) is 37.7 Å². The number of aryl methyl sites for hydroxylation is 1. The van der Waals surface area contributed by atoms with E-state index in [2.05, 4.69) is 243 Å². The van der Waals surface area contributed by atoms with Crippen LogP contribution in [-0.2, 0) is 25.7 Å². The molecular weight excluding hydrogens is 1590 g/mol. The van der Waals surface area contributed by atoms with Gasteiger partial charge in [-0.05, 0) is 164 Å². The van der Waals surface area contributed by atoms with Crippen LogP contribution in [0.3, 0.4) is 0 Å². The monoisotopic (exact) mass is 1690 g/mol. The smallest absolute Gasteiger partial charge is 0.205 e. The third kappa shape index (κ3) is 19.3. The molecule has 127 heavy (non-hydrogen) atoms. The molecule has 0 bridgehead atoms. The number of nitrogens with zero attached hydrogens (tertiary/aromatic N) is 17. The molecule has 642 valence electrons. The molecule has 8 N–H and O–H groups in total. The van der Waals surface area contributed by atoms with Gasteiger partial charge in [0, 0.05) is 209 Å². The summed E-state index contributed by atoms with van der Waals surface area (Å²) in [6.45, 7) is 29.7. The van der Waals surface area contributed by atoms with Gasteiger partial charge in [0.15, 0.2) is 45.9 Å². The van der Waals surface area contributed by atoms with E-state index in [4.69, 9.17) is 31.5 Å². The molecule has 27 heteroatoms. The Labute approximate surface area is 734 Å². The molecule has 4 aromatic carbocycles. The van der Waals surface area contributed by atoms with E-state index in [0.717, 1.165) is 160 Å². The zero-order valence-electron chi connectivity index (χ0n) is 72.6. The Morgan fingerprint density at radius 2 is 0.701 bits per heavy atom. The number of halogens is 2. The number of phenolic OH excluding ortho intramolecular Hbond substituents is 1. The van der Waals surface area contributed by atoms with Crippen molar-refractivity contribution in [2.75, 3.05) is 47.4 Å². The first-order valence-electron chi connectivity index (χ1n) is 43.4. The molecule has 0 aliphatic rings. The van der Waals surface area contributed by atoms with Crippen LogP contribution in [0.25, 0.3) is 105 Å². The van der Waals surface area contributed by atoms with Gasteiger partial charge in [-0.15, -0.1) is 0 Å². The van der Waals surface area contributed by atoms with Crippen molar-refractivity contribution in [1.82, 2.24) is 92.4 Å². The maximum absolute atomic E-state index is 13.8. The van der Waals surface area contributed by atoms with Crippen molar-refractivity contribution in [1.29, 1.82) is 0 Å². The highest BCUT2D eigenvalue weighted by Crippen LogP contribution is 2.35. The Balaban J connectivity index is 0.000000125. The Bertz CT molecular complexity index is 6860. The van der Waals surface area contributed by atoms with Crippen LogP contribution in [0.1, 0.15) is 155 Å². The Morgan fingerprint density at radius 3 is 1.03 bits per heavy atom. The molecule has 4 unspecified atom stereocenters. The average Bonchev–Trinajstić information content (AvgIpc) is 1.64. The molecule has 0 saturated heterocycles. The molecule has 15 aromatic heterocycles. The zero-order chi connectivity index (χ0) is 88.0. The van der Waals surface area contributed by atoms with Gasteiger partial charge in [0.25, 0.3) is 0 Å². The van der Waals surface area contributed by atoms with E-state index in [0.29, 0.717) is 76.6 Å². The number of hydrogen-bond donors (Lipinski definition) is 8. The summed E-state index contributed by atoms with van der Waals surface area (Å²) in [6.07, 6.45) is 41.9. The van der Waals surface area contributed by atoms with Gasteiger partial charge in [-0.3, -0.25) is 37.5 Å². The number of H-pyrrole nitrogens is 3. The third-order valence-electron chi connectivity index (χ3n) is 23.6. The SMILES string of the molecule is CCC(C)c1cnc2c(NCCc3c[nH]c4ccccc34)nc(-c3cncc(C)c3)cn12.CCC(C)c1cnc2c(NCCc3c[nH]c4ccccc34)nc(-c3cncc(F)c3)cn12.CCC(C)c1cnc2c(NCCc3ccc(O)cc3)nc(-c3cncc(F)c3)cn12.[C-]#[N+]c1cncc(-c2cn3c(C(C)CC)cnc3c(NCCc3c[nH]c4ccccc34)n2)c1. The summed E-state index contributed by atoms with van der Waals surface area (Å²) in [5, 5.41) is 27.1. The standard InChI is InChI=1S/C26H25N7.C26H28N6.C25H25FN6.C23H24FN5O/c1-4-17(2)24-15-31-26-25(29-10-9-18-13-30-22-8-6-5-7-21(18)22)32-23(16-33(24)26)19-11-20(27-3)14-28-12-19;1-4-18(3)24-15-30-26-25(28-10-9-19-14-29-22-8-6-5-7-21(19)22)31-23(16-32(24)26)20-11-17(2)12-27-13-20;1-3-16(2)23-14-30-25-24(28-9-8-17-12-29-21-7-5-4-6-20(17)21)31-22(15-32(23)25)18-10-19(26)13-27-11-18;1-3-15(2)21-13-27-23-22(26-9-8-16-4-6-19(30)7-5-16)28-20(14-29(21)23)17-10-18(24)12-25-11-17/h5-8,11-17,30H,4,9-10H2,1-2H3,(H,29,32);5-8,11-16,18,29H,4,9-10H2,1-3H3,(H,28,31);4-7,10-16,29H,3,8-9H2,1-2H3,(H,28,31);4-7,10-15,30H,3,8-9H2,1-2H3,(H,26,28). The molecule has 0 radical (unpaired) electrons. The average molecular weight is 1690 g/mol. The summed E-state index contributed by atoms with van der Waals surface area (Å²) in [4.78, 5) is 68.1. The maximum atomic E-state index is 13.8. The second-order valence-corrected chi connectivity index (χ2v) is 32.2. The number of para-hydroxylation sites is 3. The quantitative estimate of drug-likeness (QED) is 0.0211. The van der Waals surface area contributed by atoms with E-state index < -0.39 is 5.82 Å². The molecule has 0 aliphatic heterocycles. The van der Waals surface area contributed by atoms with Crippen molar-refractivity contribution in [3.63, 3.8) is 0 Å². The normalized spacial score (nSPS) is 12.3. The second-order valence-electron chi connectivity index (χ2n) is 32.2. The predicted molar refractivity (Wildman–Crippen MR) is 502 cm³/mol. The lowest BCUT2D eigenvalue weighted by molar-refractivity contribution is 0.475. The molecule has 0 amide bonds. The molecular formula is C100H102F2N24O. The van der Waals surface area contributed by atoms with Crippen molar-refractivity contribution in [2.24, 2.45) is 0 Å². The van der Waals surface area contributed by atoms with Gasteiger partial charge in [-0.2, -0.15) is 0 Å². The number of anilines is 4. The van der Waals surface area contributed by atoms with E-state index >= 15 is 0 Å². The summed E-state index contributed by atoms with van der Waals surface area (Å²) in [6, 6.07) is 39.0. The van der Waals surface area contributed by atoms with E-state index in [1.807, 2.05) is 90.5 Å². The minimum atomic E-state index is -0.399. The number of aromatic amines is 3. The van der Waals surface area contributed by atoms with Crippen LogP contribution < -0.4 is 21.3 Å². The molecule has 4 atom stereocenters. The summed E-state index contributed by atoms with van der Waals surface area (Å²) in [7, 11) is 0. The molecule has 19 rings (SSSR count). The fourth-order valence-electron chi connectivity index (χ4n) is 15.7. The summed E-state index contributed by atoms with van der Waals surface area (Å²) < 4.78 is 36.0. The number of benzene rings is 4. The van der Waals surface area contributed by atoms with Crippen molar-refractivity contribution in [3.8, 4) is 50.8 Å². The van der Waals surface area contributed by atoms with E-state index in [9.17, 15) is 13.9 Å². The van der Waals surface area contributed by atoms with E-state index in [-0.39, 0.29) is 11.6 Å². The number of aromatic hydroxyl groups is 1. The highest BCUT2D eigenvalue weighted by atomic mass is 19.1. The van der Waals surface area contributed by atoms with Gasteiger partial charge >= 0.3 is 0 Å². The lowest BCUT2D eigenvalue weighted by atomic mass is 10.1. The fraction of sp³-hybridized carbons (Fsp3) is 0.250. The lowest BCUT2D eigenvalue weighted by Crippen LogP contribution is -2.09. The summed E-state index contributed by atoms with van der Waals surface area (Å²) in [5.41, 5.74) is 23.7. The van der Waals surface area contributed by atoms with Crippen LogP contribution in [-0.4, -0.2) is 124 Å². The van der Waals surface area contributed by atoms with Crippen LogP contribution in [0.15, 0.2) is 239 Å². The number of imidazole rings is 4. The van der Waals surface area contributed by atoms with E-state index in [1.165, 1.54) is 68.6 Å². The molecule has 0 spiro atoms. The van der Waals surface area contributed by atoms with Crippen molar-refractivity contribution in [2.45, 2.75) is 137 Å². The van der Waals surface area contributed by atoms with Gasteiger partial charge < -0.3 is 41.3 Å². The van der Waals surface area contributed by atoms with Gasteiger partial charge in [-0.1, -0.05) is 122 Å². The fourth-order valence-corrected chi connectivity index (χ4v) is 15.7. The van der Waals surface area contributed by atoms with E-state index in [1.54, 1.807) is 36.9 Å². The first kappa shape index (κ1) is 85.5. The Hall–Kier alpha value is -15.1. The third-order valence-corrected chi connectivity index (χ3v) is 23.6. The van der Waals surface area contributed by atoms with Crippen LogP contribution in [0.5, 0.6) is 5.75 Å². The first-order valence-corrected chi connectivity index (χ1v) is 43.4. The lowest BCUT2D eigenvalue weighted by Gasteiger charge is -2.13. The maximum Gasteiger partial charge on any atom is 0.205 e. The number of aromatic nitrogens is 19. The molecule has 25 nitrogen and oxygen atoms in total. The Morgan fingerprint density at radius 1 is 0.386 bits per heavy atom. The molecule has 19 aromatic rings. The molecule has 15 heterocycles. The highest BCUT2D eigenvalue weighted by molar-refractivity contribution is 5.85. The first-order chi connectivity index (χ1) is 62.0. The highest BCUT2D eigenvalue weighted by Gasteiger charge is 2.23. The number of phenols is 1. The van der Waals surface area contributed by atoms with Gasteiger partial charge in [-0.25, -0.2) is 53.5 Å². The molecule has 0 fully saturated rings. The second kappa shape index (κ2) is 39.2. The number of nitrogens with one attached hydrogen (secondary N) is 7. The van der Waals surface area contributed by atoms with Gasteiger partial charge in [0.05, 0.1) is 41.7 Å². The minimum Gasteiger partial charge on any atom is -0.508 e. The summed E-state index contributed by atoms with van der Waals surface area (Å²) in [5.74, 6) is 3.77. The molecule has 0 aliphatic carbocycles. The number of pyridine rings is 4. The zero-order valence-corrected chi connectivity index (χ0v) is 72.6. The Kier molecular flexibility index (Phi) is 26.4. The largest absolute Gasteiger partial charge is 0.508 e. The topological polar surface area (TPSA) is 292 Å². The van der Waals surface area contributed by atoms with Crippen molar-refractivity contribution >= 4 is 84.3 Å². The van der Waals surface area contributed by atoms with Crippen molar-refractivity contribution < 1.29 is 13.9 Å². The summed E-state index contributed by atoms with van der Waals surface area (Å²) >= 11 is 0. The number of hydrogen-bond acceptors (Lipinski definition) is 17. The minimum absolute atomic E-state index is 0.251. The van der Waals surface area contributed by atoms with Crippen LogP contribution in [0, 0.1) is 25.1 Å². The van der Waals surface area contributed by atoms with Crippen LogP contribution >= 0.6 is 0 Å². The molecule has 0 saturated carbocycles. The van der Waals surface area contributed by atoms with Crippen molar-refractivity contribution in [3.05, 3.63) is 313 Å². The van der Waals surface area contributed by atoms with Gasteiger partial charge in [0.2, 0.25) is 5.69 Å². The number of fused-ring (bicyclic) bond motifs is 7. The van der Waals surface area contributed by atoms with Gasteiger partial charge in [0.1, 0.15) is 17.4 Å². The predicted octanol–water partition coefficient (Wildman–Crippen LogP) is 22.1.